The maximum absolute atomic E-state index is 13.4. The van der Waals surface area contributed by atoms with Crippen LogP contribution in [0.2, 0.25) is 5.02 Å². The summed E-state index contributed by atoms with van der Waals surface area (Å²) in [7, 11) is 0. The van der Waals surface area contributed by atoms with Crippen LogP contribution in [0.5, 0.6) is 0 Å². The van der Waals surface area contributed by atoms with Crippen molar-refractivity contribution in [3.8, 4) is 11.3 Å². The summed E-state index contributed by atoms with van der Waals surface area (Å²) in [6, 6.07) is 11.9. The number of aromatic nitrogens is 2. The van der Waals surface area contributed by atoms with E-state index >= 15 is 0 Å². The monoisotopic (exact) mass is 518 g/mol. The molecule has 0 unspecified atom stereocenters. The molecule has 4 rings (SSSR count). The Kier molecular flexibility index (Phi) is 7.93. The molecule has 0 saturated heterocycles. The van der Waals surface area contributed by atoms with Gasteiger partial charge in [0.05, 0.1) is 21.8 Å². The number of carbonyl (C=O) groups excluding carboxylic acids is 1. The highest BCUT2D eigenvalue weighted by Gasteiger charge is 2.34. The molecule has 0 bridgehead atoms. The van der Waals surface area contributed by atoms with Crippen LogP contribution in [-0.2, 0) is 12.6 Å². The number of halogens is 4. The summed E-state index contributed by atoms with van der Waals surface area (Å²) in [4.78, 5) is 11.7. The van der Waals surface area contributed by atoms with Gasteiger partial charge in [-0.05, 0) is 67.2 Å². The molecular formula is C27H30ClF3N4O. The molecule has 36 heavy (non-hydrogen) atoms. The second-order valence-electron chi connectivity index (χ2n) is 9.43. The number of anilines is 1. The number of aromatic amines is 1. The van der Waals surface area contributed by atoms with E-state index < -0.39 is 17.6 Å². The molecule has 5 nitrogen and oxygen atoms in total. The molecule has 1 aromatic heterocycles. The number of hydrogen-bond donors (Lipinski definition) is 3. The molecule has 1 heterocycles. The Bertz CT molecular complexity index is 1200. The van der Waals surface area contributed by atoms with Crippen LogP contribution in [-0.4, -0.2) is 22.6 Å². The zero-order valence-electron chi connectivity index (χ0n) is 20.1. The predicted octanol–water partition coefficient (Wildman–Crippen LogP) is 7.19. The van der Waals surface area contributed by atoms with Gasteiger partial charge >= 0.3 is 6.18 Å². The summed E-state index contributed by atoms with van der Waals surface area (Å²) in [6.07, 6.45) is 0.330. The van der Waals surface area contributed by atoms with Crippen LogP contribution in [0.4, 0.5) is 19.0 Å². The number of amides is 1. The zero-order valence-corrected chi connectivity index (χ0v) is 20.8. The van der Waals surface area contributed by atoms with Gasteiger partial charge in [-0.25, -0.2) is 0 Å². The van der Waals surface area contributed by atoms with Crippen LogP contribution in [0, 0.1) is 5.92 Å². The minimum absolute atomic E-state index is 0.0336. The lowest BCUT2D eigenvalue weighted by atomic mass is 9.78. The van der Waals surface area contributed by atoms with E-state index in [0.717, 1.165) is 67.0 Å². The number of H-pyrrole nitrogens is 1. The Morgan fingerprint density at radius 1 is 1.17 bits per heavy atom. The summed E-state index contributed by atoms with van der Waals surface area (Å²) in [5.41, 5.74) is 7.77. The summed E-state index contributed by atoms with van der Waals surface area (Å²) in [5.74, 6) is 0.0968. The van der Waals surface area contributed by atoms with E-state index in [1.807, 2.05) is 18.2 Å². The van der Waals surface area contributed by atoms with Crippen LogP contribution in [0.3, 0.4) is 0 Å². The number of carbonyl (C=O) groups is 1. The smallest absolute Gasteiger partial charge is 0.368 e. The first-order valence-electron chi connectivity index (χ1n) is 12.3. The first kappa shape index (κ1) is 26.1. The standard InChI is InChI=1S/C27H30ClF3N4O/c1-2-6-20-24(18-7-4-3-5-8-18)34-35-26(20)33-15-16-9-11-17(12-10-16)21-13-19(27(29,30)31)14-22(23(21)28)25(32)36/h3-5,7-8,13-14,16-17H,2,6,9-12,15H2,1H3,(H2,32,36)(H2,33,34,35). The van der Waals surface area contributed by atoms with Gasteiger partial charge in [0.15, 0.2) is 5.82 Å². The van der Waals surface area contributed by atoms with E-state index in [9.17, 15) is 18.0 Å². The van der Waals surface area contributed by atoms with E-state index in [1.165, 1.54) is 0 Å². The van der Waals surface area contributed by atoms with Crippen LogP contribution < -0.4 is 11.1 Å². The molecular weight excluding hydrogens is 489 g/mol. The van der Waals surface area contributed by atoms with E-state index in [4.69, 9.17) is 17.3 Å². The third kappa shape index (κ3) is 5.69. The van der Waals surface area contributed by atoms with Gasteiger partial charge in [0.1, 0.15) is 0 Å². The van der Waals surface area contributed by atoms with Crippen molar-refractivity contribution in [2.75, 3.05) is 11.9 Å². The summed E-state index contributed by atoms with van der Waals surface area (Å²) >= 11 is 6.34. The molecule has 1 aliphatic rings. The van der Waals surface area contributed by atoms with Crippen molar-refractivity contribution < 1.29 is 18.0 Å². The molecule has 1 fully saturated rings. The molecule has 0 radical (unpaired) electrons. The predicted molar refractivity (Wildman–Crippen MR) is 136 cm³/mol. The van der Waals surface area contributed by atoms with Gasteiger partial charge in [-0.15, -0.1) is 0 Å². The molecule has 0 spiro atoms. The number of nitrogens with two attached hydrogens (primary N) is 1. The molecule has 3 aromatic rings. The van der Waals surface area contributed by atoms with Gasteiger partial charge < -0.3 is 11.1 Å². The highest BCUT2D eigenvalue weighted by Crippen LogP contribution is 2.42. The van der Waals surface area contributed by atoms with Crippen LogP contribution in [0.25, 0.3) is 11.3 Å². The number of nitrogens with one attached hydrogen (secondary N) is 2. The fourth-order valence-electron chi connectivity index (χ4n) is 5.05. The first-order chi connectivity index (χ1) is 17.2. The Balaban J connectivity index is 1.44. The van der Waals surface area contributed by atoms with Gasteiger partial charge in [-0.2, -0.15) is 18.3 Å². The number of alkyl halides is 3. The molecule has 0 atom stereocenters. The largest absolute Gasteiger partial charge is 0.416 e. The first-order valence-corrected chi connectivity index (χ1v) is 12.6. The molecule has 2 aromatic carbocycles. The Hall–Kier alpha value is -3.00. The molecule has 192 valence electrons. The Morgan fingerprint density at radius 2 is 1.86 bits per heavy atom. The second kappa shape index (κ2) is 10.9. The van der Waals surface area contributed by atoms with Crippen molar-refractivity contribution in [2.45, 2.75) is 57.5 Å². The second-order valence-corrected chi connectivity index (χ2v) is 9.81. The van der Waals surface area contributed by atoms with Gasteiger partial charge in [-0.3, -0.25) is 9.89 Å². The Labute approximate surface area is 213 Å². The van der Waals surface area contributed by atoms with E-state index in [1.54, 1.807) is 0 Å². The van der Waals surface area contributed by atoms with Crippen molar-refractivity contribution in [1.29, 1.82) is 0 Å². The third-order valence-corrected chi connectivity index (χ3v) is 7.39. The zero-order chi connectivity index (χ0) is 25.9. The van der Waals surface area contributed by atoms with Gasteiger partial charge in [0.2, 0.25) is 5.91 Å². The highest BCUT2D eigenvalue weighted by atomic mass is 35.5. The van der Waals surface area contributed by atoms with Crippen molar-refractivity contribution in [3.63, 3.8) is 0 Å². The maximum Gasteiger partial charge on any atom is 0.416 e. The van der Waals surface area contributed by atoms with Crippen molar-refractivity contribution in [3.05, 3.63) is 69.7 Å². The number of nitrogens with zero attached hydrogens (tertiary/aromatic N) is 1. The van der Waals surface area contributed by atoms with Crippen molar-refractivity contribution >= 4 is 23.3 Å². The summed E-state index contributed by atoms with van der Waals surface area (Å²) in [6.45, 7) is 2.86. The lowest BCUT2D eigenvalue weighted by molar-refractivity contribution is -0.137. The van der Waals surface area contributed by atoms with E-state index in [0.29, 0.717) is 24.3 Å². The summed E-state index contributed by atoms with van der Waals surface area (Å²) < 4.78 is 40.3. The molecule has 1 aliphatic carbocycles. The minimum atomic E-state index is -4.58. The van der Waals surface area contributed by atoms with E-state index in [2.05, 4.69) is 34.6 Å². The third-order valence-electron chi connectivity index (χ3n) is 6.97. The topological polar surface area (TPSA) is 83.8 Å². The van der Waals surface area contributed by atoms with Crippen molar-refractivity contribution in [2.24, 2.45) is 11.7 Å². The van der Waals surface area contributed by atoms with Gasteiger partial charge in [0.25, 0.3) is 0 Å². The number of primary amides is 1. The van der Waals surface area contributed by atoms with E-state index in [-0.39, 0.29) is 16.5 Å². The number of hydrogen-bond acceptors (Lipinski definition) is 3. The van der Waals surface area contributed by atoms with Crippen LogP contribution in [0.1, 0.15) is 72.0 Å². The average molecular weight is 519 g/mol. The lowest BCUT2D eigenvalue weighted by Crippen LogP contribution is -2.22. The molecule has 4 N–H and O–H groups in total. The lowest BCUT2D eigenvalue weighted by Gasteiger charge is -2.30. The minimum Gasteiger partial charge on any atom is -0.368 e. The highest BCUT2D eigenvalue weighted by molar-refractivity contribution is 6.34. The Morgan fingerprint density at radius 3 is 2.47 bits per heavy atom. The van der Waals surface area contributed by atoms with Gasteiger partial charge in [-0.1, -0.05) is 55.3 Å². The van der Waals surface area contributed by atoms with Crippen LogP contribution in [0.15, 0.2) is 42.5 Å². The summed E-state index contributed by atoms with van der Waals surface area (Å²) in [5, 5.41) is 11.2. The van der Waals surface area contributed by atoms with Crippen LogP contribution >= 0.6 is 11.6 Å². The molecule has 0 aliphatic heterocycles. The van der Waals surface area contributed by atoms with Crippen molar-refractivity contribution in [1.82, 2.24) is 10.2 Å². The SMILES string of the molecule is CCCc1c(NCC2CCC(c3cc(C(F)(F)F)cc(C(N)=O)c3Cl)CC2)n[nH]c1-c1ccccc1. The molecule has 1 saturated carbocycles. The number of rotatable bonds is 8. The normalized spacial score (nSPS) is 18.2. The quantitative estimate of drug-likeness (QED) is 0.295. The average Bonchev–Trinajstić information content (AvgIpc) is 3.25. The van der Waals surface area contributed by atoms with Gasteiger partial charge in [0, 0.05) is 12.1 Å². The fourth-order valence-corrected chi connectivity index (χ4v) is 5.41. The number of benzene rings is 2. The maximum atomic E-state index is 13.4. The fraction of sp³-hybridized carbons (Fsp3) is 0.407. The molecule has 1 amide bonds. The molecule has 9 heteroatoms.